The molecule has 5 rings (SSSR count). The van der Waals surface area contributed by atoms with Crippen molar-refractivity contribution in [1.82, 2.24) is 24.4 Å². The van der Waals surface area contributed by atoms with Crippen LogP contribution in [0.15, 0.2) is 54.0 Å². The van der Waals surface area contributed by atoms with Crippen molar-refractivity contribution in [3.8, 4) is 22.7 Å². The minimum Gasteiger partial charge on any atom is -0.507 e. The number of fused-ring (bicyclic) bond motifs is 1. The van der Waals surface area contributed by atoms with E-state index >= 15 is 4.39 Å². The normalized spacial score (nSPS) is 14.8. The Balaban J connectivity index is 0.00000253. The molecule has 4 aromatic rings. The molecule has 0 saturated carbocycles. The topological polar surface area (TPSA) is 104 Å². The number of aromatic hydroxyl groups is 1. The zero-order valence-corrected chi connectivity index (χ0v) is 24.7. The van der Waals surface area contributed by atoms with E-state index in [0.29, 0.717) is 36.6 Å². The molecule has 43 heavy (non-hydrogen) atoms. The first kappa shape index (κ1) is 33.2. The molecule has 1 aliphatic heterocycles. The molecule has 4 heterocycles. The maximum atomic E-state index is 15.8. The minimum atomic E-state index is -0.897. The van der Waals surface area contributed by atoms with Gasteiger partial charge in [0.25, 0.3) is 0 Å². The van der Waals surface area contributed by atoms with Crippen LogP contribution in [0.3, 0.4) is 0 Å². The molecule has 1 atom stereocenters. The van der Waals surface area contributed by atoms with Gasteiger partial charge < -0.3 is 14.9 Å². The van der Waals surface area contributed by atoms with Crippen LogP contribution in [0.25, 0.3) is 28.0 Å². The number of carbonyl (C=O) groups is 1. The van der Waals surface area contributed by atoms with Crippen molar-refractivity contribution in [2.24, 2.45) is 0 Å². The maximum absolute atomic E-state index is 15.8. The number of piperazine rings is 1. The van der Waals surface area contributed by atoms with Gasteiger partial charge in [0.2, 0.25) is 5.91 Å². The number of phenols is 1. The number of carbonyl (C=O) groups excluding carboxylic acids is 1. The highest BCUT2D eigenvalue weighted by molar-refractivity contribution is 7.59. The summed E-state index contributed by atoms with van der Waals surface area (Å²) in [5.41, 5.74) is 0.275. The Morgan fingerprint density at radius 3 is 2.51 bits per heavy atom. The Morgan fingerprint density at radius 2 is 1.88 bits per heavy atom. The lowest BCUT2D eigenvalue weighted by Crippen LogP contribution is -2.54. The Bertz CT molecular complexity index is 1740. The van der Waals surface area contributed by atoms with Gasteiger partial charge >= 0.3 is 5.69 Å². The summed E-state index contributed by atoms with van der Waals surface area (Å²) in [4.78, 5) is 43.0. The SMILES string of the molecule is C.C=CC(=O)N1CCN(c2nc(=O)n(-c3c(C)ccnc3C(C)C)c3nc(-c4c(O)cccc4F)c(F)cc23)[C@@H](C)C1.S. The second-order valence-corrected chi connectivity index (χ2v) is 10.4. The third-order valence-electron chi connectivity index (χ3n) is 7.34. The predicted molar refractivity (Wildman–Crippen MR) is 169 cm³/mol. The monoisotopic (exact) mass is 610 g/mol. The number of hydrogen-bond acceptors (Lipinski definition) is 7. The number of rotatable bonds is 5. The molecule has 0 aliphatic carbocycles. The van der Waals surface area contributed by atoms with Crippen molar-refractivity contribution in [3.05, 3.63) is 82.6 Å². The summed E-state index contributed by atoms with van der Waals surface area (Å²) < 4.78 is 32.0. The fourth-order valence-corrected chi connectivity index (χ4v) is 5.33. The molecule has 0 radical (unpaired) electrons. The number of aryl methyl sites for hydroxylation is 1. The van der Waals surface area contributed by atoms with Gasteiger partial charge in [0.05, 0.1) is 22.3 Å². The second kappa shape index (κ2) is 12.9. The van der Waals surface area contributed by atoms with Crippen LogP contribution in [0.1, 0.15) is 45.4 Å². The second-order valence-electron chi connectivity index (χ2n) is 10.4. The molecule has 1 N–H and O–H groups in total. The Hall–Kier alpha value is -4.32. The van der Waals surface area contributed by atoms with Crippen LogP contribution in [0.5, 0.6) is 5.75 Å². The number of phenolic OH excluding ortho intramolecular Hbond substituents is 1. The van der Waals surface area contributed by atoms with Gasteiger partial charge in [-0.3, -0.25) is 9.78 Å². The van der Waals surface area contributed by atoms with Crippen LogP contribution >= 0.6 is 13.5 Å². The third-order valence-corrected chi connectivity index (χ3v) is 7.34. The number of halogens is 2. The quantitative estimate of drug-likeness (QED) is 0.309. The summed E-state index contributed by atoms with van der Waals surface area (Å²) in [6.07, 6.45) is 2.89. The lowest BCUT2D eigenvalue weighted by Gasteiger charge is -2.40. The molecule has 3 aromatic heterocycles. The predicted octanol–water partition coefficient (Wildman–Crippen LogP) is 5.23. The van der Waals surface area contributed by atoms with Gasteiger partial charge in [0.15, 0.2) is 11.5 Å². The van der Waals surface area contributed by atoms with Crippen LogP contribution in [0.2, 0.25) is 0 Å². The van der Waals surface area contributed by atoms with E-state index in [4.69, 9.17) is 0 Å². The zero-order chi connectivity index (χ0) is 29.6. The fraction of sp³-hybridized carbons (Fsp3) is 0.323. The van der Waals surface area contributed by atoms with Crippen LogP contribution in [-0.4, -0.2) is 61.1 Å². The lowest BCUT2D eigenvalue weighted by atomic mass is 10.0. The summed E-state index contributed by atoms with van der Waals surface area (Å²) >= 11 is 0. The molecular formula is C31H36F2N6O3S. The Labute approximate surface area is 256 Å². The van der Waals surface area contributed by atoms with E-state index in [1.807, 2.05) is 32.6 Å². The molecule has 0 unspecified atom stereocenters. The smallest absolute Gasteiger partial charge is 0.355 e. The van der Waals surface area contributed by atoms with Gasteiger partial charge in [-0.1, -0.05) is 33.9 Å². The number of nitrogens with zero attached hydrogens (tertiary/aromatic N) is 6. The van der Waals surface area contributed by atoms with Crippen molar-refractivity contribution in [3.63, 3.8) is 0 Å². The van der Waals surface area contributed by atoms with Gasteiger partial charge in [-0.2, -0.15) is 18.5 Å². The lowest BCUT2D eigenvalue weighted by molar-refractivity contribution is -0.126. The van der Waals surface area contributed by atoms with Crippen LogP contribution in [-0.2, 0) is 4.79 Å². The first-order valence-electron chi connectivity index (χ1n) is 13.3. The molecule has 1 saturated heterocycles. The average Bonchev–Trinajstić information content (AvgIpc) is 2.93. The average molecular weight is 611 g/mol. The number of hydrogen-bond donors (Lipinski definition) is 1. The standard InChI is InChI=1S/C30H30F2N6O3.CH4.H2S/c1-6-23(40)36-12-13-37(18(5)15-36)28-19-14-21(32)26(24-20(31)8-7-9-22(24)39)34-29(19)38(30(41)35-28)27-17(4)10-11-33-25(27)16(2)3;;/h6-11,14,16,18,39H,1,12-13,15H2,2-5H3;1H4;1H2/t18-;;/m0../s1. The van der Waals surface area contributed by atoms with Gasteiger partial charge in [-0.15, -0.1) is 0 Å². The molecule has 1 amide bonds. The van der Waals surface area contributed by atoms with E-state index in [1.54, 1.807) is 17.2 Å². The van der Waals surface area contributed by atoms with Crippen molar-refractivity contribution in [1.29, 1.82) is 0 Å². The molecule has 12 heteroatoms. The number of aromatic nitrogens is 4. The first-order chi connectivity index (χ1) is 19.5. The van der Waals surface area contributed by atoms with E-state index in [1.165, 1.54) is 22.8 Å². The van der Waals surface area contributed by atoms with E-state index in [0.717, 1.165) is 12.1 Å². The summed E-state index contributed by atoms with van der Waals surface area (Å²) in [5.74, 6) is -2.35. The Morgan fingerprint density at radius 1 is 1.16 bits per heavy atom. The van der Waals surface area contributed by atoms with Crippen LogP contribution in [0, 0.1) is 18.6 Å². The molecule has 228 valence electrons. The van der Waals surface area contributed by atoms with Crippen LogP contribution in [0.4, 0.5) is 14.6 Å². The maximum Gasteiger partial charge on any atom is 0.355 e. The molecule has 1 aliphatic rings. The van der Waals surface area contributed by atoms with Crippen LogP contribution < -0.4 is 10.6 Å². The third kappa shape index (κ3) is 5.83. The Kier molecular flexibility index (Phi) is 9.96. The summed E-state index contributed by atoms with van der Waals surface area (Å²) in [5, 5.41) is 10.7. The molecule has 9 nitrogen and oxygen atoms in total. The fourth-order valence-electron chi connectivity index (χ4n) is 5.33. The molecule has 0 bridgehead atoms. The van der Waals surface area contributed by atoms with Crippen molar-refractivity contribution in [2.45, 2.75) is 47.1 Å². The molecular weight excluding hydrogens is 574 g/mol. The van der Waals surface area contributed by atoms with Gasteiger partial charge in [0.1, 0.15) is 23.1 Å². The van der Waals surface area contributed by atoms with Crippen molar-refractivity contribution >= 4 is 36.3 Å². The van der Waals surface area contributed by atoms with Gasteiger partial charge in [-0.25, -0.2) is 23.1 Å². The highest BCUT2D eigenvalue weighted by Gasteiger charge is 2.31. The zero-order valence-electron chi connectivity index (χ0n) is 23.7. The van der Waals surface area contributed by atoms with E-state index < -0.39 is 34.3 Å². The summed E-state index contributed by atoms with van der Waals surface area (Å²) in [6.45, 7) is 12.1. The molecule has 0 spiro atoms. The minimum absolute atomic E-state index is 0. The number of pyridine rings is 2. The van der Waals surface area contributed by atoms with E-state index in [-0.39, 0.29) is 55.6 Å². The van der Waals surface area contributed by atoms with Crippen molar-refractivity contribution < 1.29 is 18.7 Å². The molecule has 1 fully saturated rings. The van der Waals surface area contributed by atoms with Crippen molar-refractivity contribution in [2.75, 3.05) is 24.5 Å². The van der Waals surface area contributed by atoms with Gasteiger partial charge in [0, 0.05) is 31.9 Å². The highest BCUT2D eigenvalue weighted by atomic mass is 32.1. The van der Waals surface area contributed by atoms with Gasteiger partial charge in [-0.05, 0) is 55.7 Å². The molecule has 1 aromatic carbocycles. The number of amides is 1. The summed E-state index contributed by atoms with van der Waals surface area (Å²) in [7, 11) is 0. The number of anilines is 1. The van der Waals surface area contributed by atoms with E-state index in [2.05, 4.69) is 21.5 Å². The first-order valence-corrected chi connectivity index (χ1v) is 13.3. The largest absolute Gasteiger partial charge is 0.507 e. The summed E-state index contributed by atoms with van der Waals surface area (Å²) in [6, 6.07) is 6.27. The van der Waals surface area contributed by atoms with E-state index in [9.17, 15) is 19.1 Å². The number of benzene rings is 1. The highest BCUT2D eigenvalue weighted by Crippen LogP contribution is 2.36.